The van der Waals surface area contributed by atoms with Crippen LogP contribution in [0.15, 0.2) is 30.3 Å². The highest BCUT2D eigenvalue weighted by Gasteiger charge is 2.31. The molecule has 4 unspecified atom stereocenters. The minimum atomic E-state index is -1.53. The van der Waals surface area contributed by atoms with Gasteiger partial charge in [-0.3, -0.25) is 28.8 Å². The topological polar surface area (TPSA) is 268 Å². The van der Waals surface area contributed by atoms with Gasteiger partial charge in [0, 0.05) is 19.3 Å². The third-order valence-corrected chi connectivity index (χ3v) is 5.22. The summed E-state index contributed by atoms with van der Waals surface area (Å²) in [5.74, 6) is -7.82. The van der Waals surface area contributed by atoms with Crippen molar-refractivity contribution in [3.63, 3.8) is 0 Å². The molecule has 0 aliphatic heterocycles. The Hall–Kier alpha value is -4.53. The van der Waals surface area contributed by atoms with Crippen molar-refractivity contribution in [1.82, 2.24) is 16.0 Å². The Bertz CT molecular complexity index is 1030. The van der Waals surface area contributed by atoms with Crippen LogP contribution in [0.25, 0.3) is 0 Å². The van der Waals surface area contributed by atoms with Gasteiger partial charge in [-0.15, -0.1) is 0 Å². The minimum Gasteiger partial charge on any atom is -0.481 e. The van der Waals surface area contributed by atoms with Crippen LogP contribution in [0.1, 0.15) is 37.7 Å². The maximum Gasteiger partial charge on any atom is 0.326 e. The van der Waals surface area contributed by atoms with Crippen molar-refractivity contribution in [1.29, 1.82) is 0 Å². The first-order chi connectivity index (χ1) is 17.8. The molecule has 208 valence electrons. The van der Waals surface area contributed by atoms with Gasteiger partial charge in [-0.05, 0) is 18.4 Å². The highest BCUT2D eigenvalue weighted by molar-refractivity contribution is 5.95. The van der Waals surface area contributed by atoms with E-state index in [1.54, 1.807) is 30.3 Å². The summed E-state index contributed by atoms with van der Waals surface area (Å²) in [5, 5.41) is 34.1. The lowest BCUT2D eigenvalue weighted by Crippen LogP contribution is -2.57. The lowest BCUT2D eigenvalue weighted by molar-refractivity contribution is -0.142. The maximum absolute atomic E-state index is 13.0. The Morgan fingerprint density at radius 2 is 1.24 bits per heavy atom. The van der Waals surface area contributed by atoms with E-state index in [1.807, 2.05) is 0 Å². The molecule has 10 N–H and O–H groups in total. The SMILES string of the molecule is NC(=O)CCC(NC(=O)C(Cc1ccccc1)NC(=O)C(CCC(=O)O)NC(=O)C(N)CC(=O)O)C(=O)O. The summed E-state index contributed by atoms with van der Waals surface area (Å²) in [4.78, 5) is 82.8. The molecule has 0 fully saturated rings. The predicted octanol–water partition coefficient (Wildman–Crippen LogP) is -2.30. The first-order valence-corrected chi connectivity index (χ1v) is 11.5. The molecule has 15 nitrogen and oxygen atoms in total. The smallest absolute Gasteiger partial charge is 0.326 e. The average Bonchev–Trinajstić information content (AvgIpc) is 2.83. The van der Waals surface area contributed by atoms with E-state index in [4.69, 9.17) is 21.7 Å². The Labute approximate surface area is 216 Å². The molecule has 0 bridgehead atoms. The van der Waals surface area contributed by atoms with Gasteiger partial charge in [0.05, 0.1) is 12.5 Å². The van der Waals surface area contributed by atoms with E-state index < -0.39 is 85.0 Å². The number of rotatable bonds is 17. The molecule has 0 spiro atoms. The molecule has 4 amide bonds. The number of aliphatic carboxylic acids is 3. The number of amides is 4. The number of carboxylic acids is 3. The molecular weight excluding hydrogens is 506 g/mol. The second-order valence-corrected chi connectivity index (χ2v) is 8.35. The zero-order valence-corrected chi connectivity index (χ0v) is 20.3. The van der Waals surface area contributed by atoms with Crippen LogP contribution >= 0.6 is 0 Å². The van der Waals surface area contributed by atoms with Gasteiger partial charge in [0.1, 0.15) is 18.1 Å². The van der Waals surface area contributed by atoms with Crippen molar-refractivity contribution in [3.8, 4) is 0 Å². The van der Waals surface area contributed by atoms with Crippen LogP contribution < -0.4 is 27.4 Å². The van der Waals surface area contributed by atoms with E-state index in [-0.39, 0.29) is 19.3 Å². The number of benzene rings is 1. The van der Waals surface area contributed by atoms with Crippen molar-refractivity contribution in [2.75, 3.05) is 0 Å². The number of hydrogen-bond donors (Lipinski definition) is 8. The molecule has 15 heteroatoms. The van der Waals surface area contributed by atoms with Crippen LogP contribution in [-0.4, -0.2) is 81.0 Å². The first-order valence-electron chi connectivity index (χ1n) is 11.5. The lowest BCUT2D eigenvalue weighted by Gasteiger charge is -2.25. The van der Waals surface area contributed by atoms with Crippen LogP contribution in [-0.2, 0) is 40.0 Å². The molecule has 1 rings (SSSR count). The number of hydrogen-bond acceptors (Lipinski definition) is 8. The second-order valence-electron chi connectivity index (χ2n) is 8.35. The molecule has 0 aliphatic carbocycles. The highest BCUT2D eigenvalue weighted by atomic mass is 16.4. The van der Waals surface area contributed by atoms with Crippen molar-refractivity contribution in [2.24, 2.45) is 11.5 Å². The maximum atomic E-state index is 13.0. The van der Waals surface area contributed by atoms with Gasteiger partial charge in [-0.2, -0.15) is 0 Å². The van der Waals surface area contributed by atoms with Gasteiger partial charge < -0.3 is 42.7 Å². The summed E-state index contributed by atoms with van der Waals surface area (Å²) in [6.07, 6.45) is -2.47. The third-order valence-electron chi connectivity index (χ3n) is 5.22. The Morgan fingerprint density at radius 1 is 0.711 bits per heavy atom. The van der Waals surface area contributed by atoms with Crippen molar-refractivity contribution in [3.05, 3.63) is 35.9 Å². The Morgan fingerprint density at radius 3 is 1.76 bits per heavy atom. The minimum absolute atomic E-state index is 0.112. The van der Waals surface area contributed by atoms with E-state index in [1.165, 1.54) is 0 Å². The number of nitrogens with one attached hydrogen (secondary N) is 3. The molecular formula is C23H31N5O10. The van der Waals surface area contributed by atoms with Crippen LogP contribution in [0.5, 0.6) is 0 Å². The molecule has 0 saturated heterocycles. The van der Waals surface area contributed by atoms with E-state index in [0.717, 1.165) is 0 Å². The van der Waals surface area contributed by atoms with Crippen LogP contribution in [0, 0.1) is 0 Å². The summed E-state index contributed by atoms with van der Waals surface area (Å²) in [7, 11) is 0. The summed E-state index contributed by atoms with van der Waals surface area (Å²) >= 11 is 0. The average molecular weight is 538 g/mol. The molecule has 0 aromatic heterocycles. The van der Waals surface area contributed by atoms with Gasteiger partial charge in [0.25, 0.3) is 0 Å². The van der Waals surface area contributed by atoms with Crippen molar-refractivity contribution < 1.29 is 48.9 Å². The van der Waals surface area contributed by atoms with E-state index in [2.05, 4.69) is 16.0 Å². The standard InChI is InChI=1S/C23H31N5O10/c24-13(11-19(32)33)20(34)26-14(7-9-18(30)31)21(35)28-16(10-12-4-2-1-3-5-12)22(36)27-15(23(37)38)6-8-17(25)29/h1-5,13-16H,6-11,24H2,(H2,25,29)(H,26,34)(H,27,36)(H,28,35)(H,30,31)(H,32,33)(H,37,38). The first kappa shape index (κ1) is 31.5. The second kappa shape index (κ2) is 15.6. The fourth-order valence-electron chi connectivity index (χ4n) is 3.24. The van der Waals surface area contributed by atoms with E-state index in [0.29, 0.717) is 5.56 Å². The highest BCUT2D eigenvalue weighted by Crippen LogP contribution is 2.08. The number of nitrogens with two attached hydrogens (primary N) is 2. The fraction of sp³-hybridized carbons (Fsp3) is 0.435. The molecule has 38 heavy (non-hydrogen) atoms. The molecule has 0 radical (unpaired) electrons. The summed E-state index contributed by atoms with van der Waals surface area (Å²) < 4.78 is 0. The molecule has 0 saturated carbocycles. The number of carboxylic acid groups (broad SMARTS) is 3. The van der Waals surface area contributed by atoms with Crippen LogP contribution in [0.4, 0.5) is 0 Å². The monoisotopic (exact) mass is 537 g/mol. The van der Waals surface area contributed by atoms with Crippen LogP contribution in [0.3, 0.4) is 0 Å². The summed E-state index contributed by atoms with van der Waals surface area (Å²) in [5.41, 5.74) is 11.1. The lowest BCUT2D eigenvalue weighted by atomic mass is 10.0. The fourth-order valence-corrected chi connectivity index (χ4v) is 3.24. The van der Waals surface area contributed by atoms with E-state index >= 15 is 0 Å². The van der Waals surface area contributed by atoms with Crippen molar-refractivity contribution >= 4 is 41.5 Å². The third kappa shape index (κ3) is 11.9. The summed E-state index contributed by atoms with van der Waals surface area (Å²) in [6, 6.07) is 2.41. The van der Waals surface area contributed by atoms with Gasteiger partial charge >= 0.3 is 17.9 Å². The largest absolute Gasteiger partial charge is 0.481 e. The predicted molar refractivity (Wildman–Crippen MR) is 129 cm³/mol. The van der Waals surface area contributed by atoms with Gasteiger partial charge in [-0.25, -0.2) is 4.79 Å². The zero-order chi connectivity index (χ0) is 28.8. The summed E-state index contributed by atoms with van der Waals surface area (Å²) in [6.45, 7) is 0. The Balaban J connectivity index is 3.15. The molecule has 4 atom stereocenters. The molecule has 1 aromatic rings. The normalized spacial score (nSPS) is 13.7. The number of primary amides is 1. The quantitative estimate of drug-likeness (QED) is 0.105. The number of carbonyl (C=O) groups excluding carboxylic acids is 4. The molecule has 0 heterocycles. The molecule has 0 aliphatic rings. The van der Waals surface area contributed by atoms with E-state index in [9.17, 15) is 38.7 Å². The Kier molecular flexibility index (Phi) is 12.9. The number of carbonyl (C=O) groups is 7. The van der Waals surface area contributed by atoms with Gasteiger partial charge in [0.15, 0.2) is 0 Å². The molecule has 1 aromatic carbocycles. The van der Waals surface area contributed by atoms with Crippen LogP contribution in [0.2, 0.25) is 0 Å². The zero-order valence-electron chi connectivity index (χ0n) is 20.3. The van der Waals surface area contributed by atoms with Gasteiger partial charge in [-0.1, -0.05) is 30.3 Å². The van der Waals surface area contributed by atoms with Gasteiger partial charge in [0.2, 0.25) is 23.6 Å². The van der Waals surface area contributed by atoms with Crippen molar-refractivity contribution in [2.45, 2.75) is 62.7 Å².